The number of benzene rings is 2. The van der Waals surface area contributed by atoms with Gasteiger partial charge in [0.15, 0.2) is 0 Å². The smallest absolute Gasteiger partial charge is 0.0205 e. The molecule has 0 spiro atoms. The first kappa shape index (κ1) is 14.5. The van der Waals surface area contributed by atoms with E-state index >= 15 is 0 Å². The molecule has 1 nitrogen and oxygen atoms in total. The van der Waals surface area contributed by atoms with Crippen LogP contribution in [0.5, 0.6) is 0 Å². The molecule has 104 valence electrons. The number of hydrogen-bond acceptors (Lipinski definition) is 1. The van der Waals surface area contributed by atoms with Gasteiger partial charge in [0.25, 0.3) is 0 Å². The quantitative estimate of drug-likeness (QED) is 0.736. The number of nitrogens with one attached hydrogen (secondary N) is 1. The summed E-state index contributed by atoms with van der Waals surface area (Å²) in [5, 5.41) is 3.58. The minimum Gasteiger partial charge on any atom is -0.312 e. The third kappa shape index (κ3) is 3.82. The summed E-state index contributed by atoms with van der Waals surface area (Å²) in [6, 6.07) is 21.2. The van der Waals surface area contributed by atoms with E-state index in [1.54, 1.807) is 0 Å². The maximum atomic E-state index is 3.91. The van der Waals surface area contributed by atoms with Crippen LogP contribution in [0.1, 0.15) is 24.5 Å². The molecule has 0 aliphatic rings. The van der Waals surface area contributed by atoms with Crippen LogP contribution in [0.3, 0.4) is 0 Å². The summed E-state index contributed by atoms with van der Waals surface area (Å²) in [6.45, 7) is 8.05. The maximum Gasteiger partial charge on any atom is 0.0205 e. The Morgan fingerprint density at radius 1 is 1.00 bits per heavy atom. The van der Waals surface area contributed by atoms with Crippen molar-refractivity contribution < 1.29 is 0 Å². The van der Waals surface area contributed by atoms with Crippen LogP contribution in [-0.2, 0) is 12.0 Å². The molecule has 0 heterocycles. The standard InChI is InChI=1S/C19H23N/c1-3-14-19(2,18-12-8-5-9-13-18)16-20-15-17-10-6-4-7-11-17/h3-13,20H,1,14-16H2,2H3. The zero-order valence-corrected chi connectivity index (χ0v) is 12.2. The highest BCUT2D eigenvalue weighted by Gasteiger charge is 2.24. The molecule has 1 heteroatoms. The van der Waals surface area contributed by atoms with E-state index in [0.29, 0.717) is 0 Å². The molecule has 0 radical (unpaired) electrons. The lowest BCUT2D eigenvalue weighted by atomic mass is 9.79. The number of allylic oxidation sites excluding steroid dienone is 1. The van der Waals surface area contributed by atoms with Gasteiger partial charge in [-0.15, -0.1) is 6.58 Å². The van der Waals surface area contributed by atoms with Crippen LogP contribution in [0.25, 0.3) is 0 Å². The number of hydrogen-bond donors (Lipinski definition) is 1. The van der Waals surface area contributed by atoms with Gasteiger partial charge in [0.2, 0.25) is 0 Å². The molecule has 1 unspecified atom stereocenters. The second kappa shape index (κ2) is 7.06. The molecular weight excluding hydrogens is 242 g/mol. The van der Waals surface area contributed by atoms with E-state index in [9.17, 15) is 0 Å². The molecule has 0 bridgehead atoms. The van der Waals surface area contributed by atoms with Gasteiger partial charge in [-0.3, -0.25) is 0 Å². The summed E-state index contributed by atoms with van der Waals surface area (Å²) in [6.07, 6.45) is 2.98. The van der Waals surface area contributed by atoms with Crippen molar-refractivity contribution in [2.75, 3.05) is 6.54 Å². The topological polar surface area (TPSA) is 12.0 Å². The Hall–Kier alpha value is -1.86. The molecule has 0 amide bonds. The lowest BCUT2D eigenvalue weighted by Crippen LogP contribution is -2.35. The molecule has 1 atom stereocenters. The van der Waals surface area contributed by atoms with Gasteiger partial charge in [-0.25, -0.2) is 0 Å². The number of rotatable bonds is 7. The van der Waals surface area contributed by atoms with Crippen LogP contribution < -0.4 is 5.32 Å². The van der Waals surface area contributed by atoms with Crippen LogP contribution in [0.2, 0.25) is 0 Å². The molecule has 1 N–H and O–H groups in total. The molecule has 0 fully saturated rings. The predicted octanol–water partition coefficient (Wildman–Crippen LogP) is 4.31. The largest absolute Gasteiger partial charge is 0.312 e. The Morgan fingerprint density at radius 2 is 1.60 bits per heavy atom. The second-order valence-corrected chi connectivity index (χ2v) is 5.51. The molecular formula is C19H23N. The molecule has 0 saturated heterocycles. The van der Waals surface area contributed by atoms with E-state index in [2.05, 4.69) is 79.5 Å². The van der Waals surface area contributed by atoms with Gasteiger partial charge in [0.05, 0.1) is 0 Å². The first-order valence-corrected chi connectivity index (χ1v) is 7.16. The SMILES string of the molecule is C=CCC(C)(CNCc1ccccc1)c1ccccc1. The fourth-order valence-electron chi connectivity index (χ4n) is 2.53. The summed E-state index contributed by atoms with van der Waals surface area (Å²) in [4.78, 5) is 0. The van der Waals surface area contributed by atoms with Crippen molar-refractivity contribution in [1.82, 2.24) is 5.32 Å². The molecule has 2 rings (SSSR count). The highest BCUT2D eigenvalue weighted by atomic mass is 14.9. The predicted molar refractivity (Wildman–Crippen MR) is 86.8 cm³/mol. The zero-order valence-electron chi connectivity index (χ0n) is 12.2. The second-order valence-electron chi connectivity index (χ2n) is 5.51. The lowest BCUT2D eigenvalue weighted by Gasteiger charge is -2.29. The Morgan fingerprint density at radius 3 is 2.20 bits per heavy atom. The van der Waals surface area contributed by atoms with E-state index < -0.39 is 0 Å². The van der Waals surface area contributed by atoms with Gasteiger partial charge in [0.1, 0.15) is 0 Å². The average molecular weight is 265 g/mol. The van der Waals surface area contributed by atoms with Crippen molar-refractivity contribution in [3.8, 4) is 0 Å². The van der Waals surface area contributed by atoms with Crippen LogP contribution in [-0.4, -0.2) is 6.54 Å². The third-order valence-electron chi connectivity index (χ3n) is 3.75. The molecule has 2 aromatic carbocycles. The molecule has 0 saturated carbocycles. The average Bonchev–Trinajstić information content (AvgIpc) is 2.49. The van der Waals surface area contributed by atoms with Gasteiger partial charge in [-0.05, 0) is 17.5 Å². The minimum atomic E-state index is 0.0950. The van der Waals surface area contributed by atoms with Crippen molar-refractivity contribution in [2.45, 2.75) is 25.3 Å². The van der Waals surface area contributed by atoms with Crippen molar-refractivity contribution in [3.05, 3.63) is 84.4 Å². The van der Waals surface area contributed by atoms with E-state index in [1.165, 1.54) is 11.1 Å². The lowest BCUT2D eigenvalue weighted by molar-refractivity contribution is 0.434. The Labute approximate surface area is 122 Å². The molecule has 2 aromatic rings. The summed E-state index contributed by atoms with van der Waals surface area (Å²) in [7, 11) is 0. The zero-order chi connectivity index (χ0) is 14.3. The van der Waals surface area contributed by atoms with Crippen LogP contribution >= 0.6 is 0 Å². The first-order chi connectivity index (χ1) is 9.74. The Balaban J connectivity index is 2.01. The summed E-state index contributed by atoms with van der Waals surface area (Å²) in [5.41, 5.74) is 2.78. The fraction of sp³-hybridized carbons (Fsp3) is 0.263. The highest BCUT2D eigenvalue weighted by Crippen LogP contribution is 2.27. The van der Waals surface area contributed by atoms with Gasteiger partial charge in [0, 0.05) is 18.5 Å². The van der Waals surface area contributed by atoms with Crippen LogP contribution in [0.15, 0.2) is 73.3 Å². The van der Waals surface area contributed by atoms with E-state index in [4.69, 9.17) is 0 Å². The van der Waals surface area contributed by atoms with Gasteiger partial charge >= 0.3 is 0 Å². The van der Waals surface area contributed by atoms with Gasteiger partial charge in [-0.2, -0.15) is 0 Å². The molecule has 0 aliphatic heterocycles. The highest BCUT2D eigenvalue weighted by molar-refractivity contribution is 5.26. The summed E-state index contributed by atoms with van der Waals surface area (Å²) < 4.78 is 0. The van der Waals surface area contributed by atoms with Gasteiger partial charge < -0.3 is 5.32 Å². The third-order valence-corrected chi connectivity index (χ3v) is 3.75. The van der Waals surface area contributed by atoms with E-state index in [1.807, 2.05) is 6.08 Å². The van der Waals surface area contributed by atoms with Crippen molar-refractivity contribution in [1.29, 1.82) is 0 Å². The Kier molecular flexibility index (Phi) is 5.14. The first-order valence-electron chi connectivity index (χ1n) is 7.16. The molecule has 0 aromatic heterocycles. The normalized spacial score (nSPS) is 13.7. The van der Waals surface area contributed by atoms with E-state index in [0.717, 1.165) is 19.5 Å². The fourth-order valence-corrected chi connectivity index (χ4v) is 2.53. The minimum absolute atomic E-state index is 0.0950. The van der Waals surface area contributed by atoms with Crippen molar-refractivity contribution >= 4 is 0 Å². The van der Waals surface area contributed by atoms with E-state index in [-0.39, 0.29) is 5.41 Å². The van der Waals surface area contributed by atoms with Crippen molar-refractivity contribution in [2.24, 2.45) is 0 Å². The molecule has 0 aliphatic carbocycles. The maximum absolute atomic E-state index is 3.91. The monoisotopic (exact) mass is 265 g/mol. The molecule has 20 heavy (non-hydrogen) atoms. The summed E-state index contributed by atoms with van der Waals surface area (Å²) >= 11 is 0. The van der Waals surface area contributed by atoms with Crippen LogP contribution in [0, 0.1) is 0 Å². The van der Waals surface area contributed by atoms with Crippen molar-refractivity contribution in [3.63, 3.8) is 0 Å². The van der Waals surface area contributed by atoms with Crippen LogP contribution in [0.4, 0.5) is 0 Å². The summed E-state index contributed by atoms with van der Waals surface area (Å²) in [5.74, 6) is 0. The Bertz CT molecular complexity index is 518. The van der Waals surface area contributed by atoms with Gasteiger partial charge in [-0.1, -0.05) is 73.7 Å².